The molecule has 1 rings (SSSR count). The molecule has 0 radical (unpaired) electrons. The third kappa shape index (κ3) is 2.81. The zero-order valence-corrected chi connectivity index (χ0v) is 8.13. The maximum Gasteiger partial charge on any atom is 0.126 e. The molecule has 0 heterocycles. The molecular formula is C11H16FN. The lowest BCUT2D eigenvalue weighted by molar-refractivity contribution is 0.542. The predicted octanol–water partition coefficient (Wildman–Crippen LogP) is 2.67. The van der Waals surface area contributed by atoms with E-state index in [-0.39, 0.29) is 17.8 Å². The van der Waals surface area contributed by atoms with E-state index in [1.54, 1.807) is 6.07 Å². The molecule has 0 bridgehead atoms. The molecule has 13 heavy (non-hydrogen) atoms. The molecule has 0 saturated carbocycles. The van der Waals surface area contributed by atoms with E-state index in [9.17, 15) is 4.39 Å². The van der Waals surface area contributed by atoms with Gasteiger partial charge in [0.25, 0.3) is 0 Å². The lowest BCUT2D eigenvalue weighted by atomic mass is 9.94. The third-order valence-electron chi connectivity index (χ3n) is 2.16. The van der Waals surface area contributed by atoms with Gasteiger partial charge < -0.3 is 5.73 Å². The van der Waals surface area contributed by atoms with Crippen molar-refractivity contribution in [3.8, 4) is 0 Å². The van der Waals surface area contributed by atoms with Crippen molar-refractivity contribution in [3.05, 3.63) is 35.6 Å². The first-order valence-electron chi connectivity index (χ1n) is 4.61. The van der Waals surface area contributed by atoms with E-state index in [1.807, 2.05) is 26.0 Å². The summed E-state index contributed by atoms with van der Waals surface area (Å²) in [4.78, 5) is 0. The zero-order valence-electron chi connectivity index (χ0n) is 8.13. The molecule has 0 aliphatic heterocycles. The Balaban J connectivity index is 2.76. The third-order valence-corrected chi connectivity index (χ3v) is 2.16. The zero-order chi connectivity index (χ0) is 9.84. The molecule has 2 atom stereocenters. The molecule has 0 aromatic heterocycles. The maximum atomic E-state index is 13.2. The molecule has 0 amide bonds. The number of benzene rings is 1. The molecule has 2 heteroatoms. The van der Waals surface area contributed by atoms with Crippen LogP contribution in [0.2, 0.25) is 0 Å². The maximum absolute atomic E-state index is 13.2. The normalized spacial score (nSPS) is 15.4. The van der Waals surface area contributed by atoms with E-state index in [0.29, 0.717) is 0 Å². The van der Waals surface area contributed by atoms with E-state index in [2.05, 4.69) is 0 Å². The number of nitrogens with two attached hydrogens (primary N) is 1. The van der Waals surface area contributed by atoms with Crippen LogP contribution in [0.1, 0.15) is 31.7 Å². The van der Waals surface area contributed by atoms with Crippen molar-refractivity contribution in [1.82, 2.24) is 0 Å². The van der Waals surface area contributed by atoms with Crippen molar-refractivity contribution in [2.45, 2.75) is 32.2 Å². The van der Waals surface area contributed by atoms with Crippen molar-refractivity contribution < 1.29 is 4.39 Å². The first kappa shape index (κ1) is 10.2. The van der Waals surface area contributed by atoms with E-state index in [1.165, 1.54) is 6.07 Å². The monoisotopic (exact) mass is 181 g/mol. The van der Waals surface area contributed by atoms with Crippen molar-refractivity contribution >= 4 is 0 Å². The standard InChI is InChI=1S/C11H16FN/c1-8(7-9(2)13)10-5-3-4-6-11(10)12/h3-6,8-9H,7,13H2,1-2H3. The predicted molar refractivity (Wildman–Crippen MR) is 53.1 cm³/mol. The fourth-order valence-electron chi connectivity index (χ4n) is 1.56. The average Bonchev–Trinajstić information content (AvgIpc) is 2.03. The summed E-state index contributed by atoms with van der Waals surface area (Å²) in [6, 6.07) is 7.00. The molecule has 0 fully saturated rings. The van der Waals surface area contributed by atoms with Crippen molar-refractivity contribution in [2.24, 2.45) is 5.73 Å². The summed E-state index contributed by atoms with van der Waals surface area (Å²) in [6.07, 6.45) is 0.820. The Hall–Kier alpha value is -0.890. The molecule has 0 spiro atoms. The van der Waals surface area contributed by atoms with Crippen molar-refractivity contribution in [1.29, 1.82) is 0 Å². The molecule has 1 aromatic rings. The van der Waals surface area contributed by atoms with Crippen molar-refractivity contribution in [2.75, 3.05) is 0 Å². The number of halogens is 1. The Morgan fingerprint density at radius 1 is 1.31 bits per heavy atom. The fourth-order valence-corrected chi connectivity index (χ4v) is 1.56. The second-order valence-corrected chi connectivity index (χ2v) is 3.64. The molecule has 2 unspecified atom stereocenters. The number of hydrogen-bond donors (Lipinski definition) is 1. The van der Waals surface area contributed by atoms with Gasteiger partial charge >= 0.3 is 0 Å². The second kappa shape index (κ2) is 4.38. The molecule has 72 valence electrons. The quantitative estimate of drug-likeness (QED) is 0.762. The van der Waals surface area contributed by atoms with Gasteiger partial charge in [-0.2, -0.15) is 0 Å². The Morgan fingerprint density at radius 3 is 2.46 bits per heavy atom. The minimum Gasteiger partial charge on any atom is -0.328 e. The lowest BCUT2D eigenvalue weighted by Crippen LogP contribution is -2.17. The SMILES string of the molecule is CC(N)CC(C)c1ccccc1F. The van der Waals surface area contributed by atoms with Crippen molar-refractivity contribution in [3.63, 3.8) is 0 Å². The van der Waals surface area contributed by atoms with E-state index >= 15 is 0 Å². The van der Waals surface area contributed by atoms with Crippen LogP contribution in [0.15, 0.2) is 24.3 Å². The van der Waals surface area contributed by atoms with Gasteiger partial charge in [0.1, 0.15) is 5.82 Å². The van der Waals surface area contributed by atoms with Crippen LogP contribution < -0.4 is 5.73 Å². The van der Waals surface area contributed by atoms with Gasteiger partial charge in [0.2, 0.25) is 0 Å². The van der Waals surface area contributed by atoms with Gasteiger partial charge in [0.15, 0.2) is 0 Å². The number of hydrogen-bond acceptors (Lipinski definition) is 1. The van der Waals surface area contributed by atoms with Gasteiger partial charge in [-0.25, -0.2) is 4.39 Å². The first-order chi connectivity index (χ1) is 6.11. The summed E-state index contributed by atoms with van der Waals surface area (Å²) in [5.74, 6) is 0.0665. The molecule has 0 saturated heterocycles. The second-order valence-electron chi connectivity index (χ2n) is 3.64. The Kier molecular flexibility index (Phi) is 3.43. The van der Waals surface area contributed by atoms with Crippen LogP contribution in [0, 0.1) is 5.82 Å². The highest BCUT2D eigenvalue weighted by Gasteiger charge is 2.11. The fraction of sp³-hybridized carbons (Fsp3) is 0.455. The molecular weight excluding hydrogens is 165 g/mol. The highest BCUT2D eigenvalue weighted by Crippen LogP contribution is 2.22. The van der Waals surface area contributed by atoms with Gasteiger partial charge in [-0.05, 0) is 30.9 Å². The van der Waals surface area contributed by atoms with Crippen LogP contribution in [-0.4, -0.2) is 6.04 Å². The summed E-state index contributed by atoms with van der Waals surface area (Å²) >= 11 is 0. The Bertz CT molecular complexity index is 271. The summed E-state index contributed by atoms with van der Waals surface area (Å²) in [5, 5.41) is 0. The van der Waals surface area contributed by atoms with Gasteiger partial charge in [-0.1, -0.05) is 25.1 Å². The average molecular weight is 181 g/mol. The Labute approximate surface area is 78.8 Å². The number of rotatable bonds is 3. The van der Waals surface area contributed by atoms with Gasteiger partial charge in [0, 0.05) is 6.04 Å². The largest absolute Gasteiger partial charge is 0.328 e. The van der Waals surface area contributed by atoms with E-state index in [4.69, 9.17) is 5.73 Å². The van der Waals surface area contributed by atoms with Crippen LogP contribution >= 0.6 is 0 Å². The highest BCUT2D eigenvalue weighted by molar-refractivity contribution is 5.21. The summed E-state index contributed by atoms with van der Waals surface area (Å²) in [5.41, 5.74) is 6.42. The van der Waals surface area contributed by atoms with Crippen LogP contribution in [-0.2, 0) is 0 Å². The van der Waals surface area contributed by atoms with Gasteiger partial charge in [0.05, 0.1) is 0 Å². The minimum absolute atomic E-state index is 0.120. The van der Waals surface area contributed by atoms with E-state index in [0.717, 1.165) is 12.0 Å². The smallest absolute Gasteiger partial charge is 0.126 e. The molecule has 0 aliphatic carbocycles. The van der Waals surface area contributed by atoms with Crippen LogP contribution in [0.25, 0.3) is 0 Å². The van der Waals surface area contributed by atoms with Crippen LogP contribution in [0.3, 0.4) is 0 Å². The summed E-state index contributed by atoms with van der Waals surface area (Å²) in [7, 11) is 0. The van der Waals surface area contributed by atoms with Gasteiger partial charge in [-0.3, -0.25) is 0 Å². The lowest BCUT2D eigenvalue weighted by Gasteiger charge is -2.14. The Morgan fingerprint density at radius 2 is 1.92 bits per heavy atom. The molecule has 0 aliphatic rings. The van der Waals surface area contributed by atoms with E-state index < -0.39 is 0 Å². The topological polar surface area (TPSA) is 26.0 Å². The van der Waals surface area contributed by atoms with Crippen LogP contribution in [0.5, 0.6) is 0 Å². The first-order valence-corrected chi connectivity index (χ1v) is 4.61. The highest BCUT2D eigenvalue weighted by atomic mass is 19.1. The molecule has 2 N–H and O–H groups in total. The minimum atomic E-state index is -0.129. The summed E-state index contributed by atoms with van der Waals surface area (Å²) in [6.45, 7) is 3.94. The molecule has 1 nitrogen and oxygen atoms in total. The summed E-state index contributed by atoms with van der Waals surface area (Å²) < 4.78 is 13.2. The molecule has 1 aromatic carbocycles. The van der Waals surface area contributed by atoms with Crippen LogP contribution in [0.4, 0.5) is 4.39 Å². The van der Waals surface area contributed by atoms with Gasteiger partial charge in [-0.15, -0.1) is 0 Å².